The summed E-state index contributed by atoms with van der Waals surface area (Å²) in [5.74, 6) is 0. The van der Waals surface area contributed by atoms with Crippen molar-refractivity contribution in [3.05, 3.63) is 12.3 Å². The average Bonchev–Trinajstić information content (AvgIpc) is 2.77. The van der Waals surface area contributed by atoms with Crippen LogP contribution in [0.5, 0.6) is 0 Å². The number of nitrogens with zero attached hydrogens (tertiary/aromatic N) is 2. The summed E-state index contributed by atoms with van der Waals surface area (Å²) in [5.41, 5.74) is 1.63. The third-order valence-corrected chi connectivity index (χ3v) is 4.12. The molecule has 1 N–H and O–H groups in total. The monoisotopic (exact) mass is 265 g/mol. The predicted molar refractivity (Wildman–Crippen MR) is 82.0 cm³/mol. The second-order valence-corrected chi connectivity index (χ2v) is 7.45. The summed E-state index contributed by atoms with van der Waals surface area (Å²) < 4.78 is 0. The first-order valence-electron chi connectivity index (χ1n) is 7.82. The topological polar surface area (TPSA) is 18.5 Å². The molecule has 0 aromatic carbocycles. The van der Waals surface area contributed by atoms with Gasteiger partial charge in [-0.15, -0.1) is 0 Å². The standard InChI is InChI=1S/C16H31N3/c1-14(10-16(2,3)4)19-12-15(17-13-19)11-18-8-6-5-7-9-18/h15,17H,1,5-13H2,2-4H3. The van der Waals surface area contributed by atoms with Crippen LogP contribution in [0.1, 0.15) is 46.5 Å². The zero-order valence-electron chi connectivity index (χ0n) is 13.0. The minimum absolute atomic E-state index is 0.335. The Morgan fingerprint density at radius 3 is 2.53 bits per heavy atom. The molecule has 3 nitrogen and oxygen atoms in total. The quantitative estimate of drug-likeness (QED) is 0.843. The van der Waals surface area contributed by atoms with E-state index < -0.39 is 0 Å². The fourth-order valence-corrected chi connectivity index (χ4v) is 3.18. The number of likely N-dealkylation sites (tertiary alicyclic amines) is 1. The van der Waals surface area contributed by atoms with Crippen LogP contribution in [0.4, 0.5) is 0 Å². The van der Waals surface area contributed by atoms with Gasteiger partial charge in [-0.25, -0.2) is 0 Å². The zero-order chi connectivity index (χ0) is 13.9. The Hall–Kier alpha value is -0.540. The van der Waals surface area contributed by atoms with Crippen molar-refractivity contribution in [1.82, 2.24) is 15.1 Å². The number of hydrogen-bond donors (Lipinski definition) is 1. The van der Waals surface area contributed by atoms with Crippen molar-refractivity contribution in [3.63, 3.8) is 0 Å². The van der Waals surface area contributed by atoms with Crippen molar-refractivity contribution >= 4 is 0 Å². The van der Waals surface area contributed by atoms with Crippen molar-refractivity contribution in [3.8, 4) is 0 Å². The zero-order valence-corrected chi connectivity index (χ0v) is 13.0. The van der Waals surface area contributed by atoms with Gasteiger partial charge in [-0.2, -0.15) is 0 Å². The number of hydrogen-bond acceptors (Lipinski definition) is 3. The fraction of sp³-hybridized carbons (Fsp3) is 0.875. The smallest absolute Gasteiger partial charge is 0.0682 e. The first-order valence-corrected chi connectivity index (χ1v) is 7.82. The third-order valence-electron chi connectivity index (χ3n) is 4.12. The Bertz CT molecular complexity index is 300. The Morgan fingerprint density at radius 2 is 1.89 bits per heavy atom. The number of allylic oxidation sites excluding steroid dienone is 1. The van der Waals surface area contributed by atoms with Crippen LogP contribution in [0, 0.1) is 5.41 Å². The molecule has 2 aliphatic heterocycles. The van der Waals surface area contributed by atoms with Gasteiger partial charge in [0.1, 0.15) is 0 Å². The maximum absolute atomic E-state index is 4.28. The first-order chi connectivity index (χ1) is 8.94. The van der Waals surface area contributed by atoms with E-state index in [1.165, 1.54) is 44.6 Å². The lowest BCUT2D eigenvalue weighted by Crippen LogP contribution is -2.41. The van der Waals surface area contributed by atoms with Crippen molar-refractivity contribution in [2.24, 2.45) is 5.41 Å². The van der Waals surface area contributed by atoms with Crippen LogP contribution in [0.25, 0.3) is 0 Å². The normalized spacial score (nSPS) is 25.8. The van der Waals surface area contributed by atoms with Gasteiger partial charge in [0, 0.05) is 24.8 Å². The van der Waals surface area contributed by atoms with E-state index in [9.17, 15) is 0 Å². The van der Waals surface area contributed by atoms with E-state index in [4.69, 9.17) is 0 Å². The average molecular weight is 265 g/mol. The molecule has 2 heterocycles. The van der Waals surface area contributed by atoms with Crippen LogP contribution in [0.3, 0.4) is 0 Å². The minimum Gasteiger partial charge on any atom is -0.361 e. The summed E-state index contributed by atoms with van der Waals surface area (Å²) in [6.45, 7) is 17.0. The molecule has 19 heavy (non-hydrogen) atoms. The van der Waals surface area contributed by atoms with Gasteiger partial charge in [0.25, 0.3) is 0 Å². The number of nitrogens with one attached hydrogen (secondary N) is 1. The fourth-order valence-electron chi connectivity index (χ4n) is 3.18. The van der Waals surface area contributed by atoms with Gasteiger partial charge in [-0.3, -0.25) is 5.32 Å². The molecule has 1 atom stereocenters. The van der Waals surface area contributed by atoms with E-state index in [2.05, 4.69) is 42.5 Å². The van der Waals surface area contributed by atoms with Gasteiger partial charge < -0.3 is 9.80 Å². The second-order valence-electron chi connectivity index (χ2n) is 7.45. The molecule has 0 aliphatic carbocycles. The lowest BCUT2D eigenvalue weighted by Gasteiger charge is -2.29. The molecule has 2 fully saturated rings. The maximum atomic E-state index is 4.28. The molecule has 0 aromatic rings. The molecule has 2 saturated heterocycles. The Labute approximate surface area is 119 Å². The van der Waals surface area contributed by atoms with E-state index in [0.717, 1.165) is 19.6 Å². The molecule has 2 aliphatic rings. The maximum Gasteiger partial charge on any atom is 0.0682 e. The molecular weight excluding hydrogens is 234 g/mol. The summed E-state index contributed by atoms with van der Waals surface area (Å²) in [7, 11) is 0. The van der Waals surface area contributed by atoms with Gasteiger partial charge in [0.2, 0.25) is 0 Å². The van der Waals surface area contributed by atoms with E-state index in [-0.39, 0.29) is 0 Å². The highest BCUT2D eigenvalue weighted by Crippen LogP contribution is 2.26. The van der Waals surface area contributed by atoms with Gasteiger partial charge >= 0.3 is 0 Å². The van der Waals surface area contributed by atoms with Crippen LogP contribution >= 0.6 is 0 Å². The highest BCUT2D eigenvalue weighted by atomic mass is 15.3. The molecule has 3 heteroatoms. The Kier molecular flexibility index (Phi) is 4.91. The van der Waals surface area contributed by atoms with Crippen LogP contribution < -0.4 is 5.32 Å². The molecule has 1 unspecified atom stereocenters. The summed E-state index contributed by atoms with van der Waals surface area (Å²) in [6.07, 6.45) is 5.27. The van der Waals surface area contributed by atoms with Crippen LogP contribution in [-0.4, -0.2) is 48.7 Å². The highest BCUT2D eigenvalue weighted by Gasteiger charge is 2.26. The predicted octanol–water partition coefficient (Wildman–Crippen LogP) is 2.65. The molecule has 2 rings (SSSR count). The molecule has 0 spiro atoms. The van der Waals surface area contributed by atoms with Crippen LogP contribution in [0.15, 0.2) is 12.3 Å². The van der Waals surface area contributed by atoms with E-state index in [1.54, 1.807) is 0 Å². The lowest BCUT2D eigenvalue weighted by atomic mass is 9.90. The van der Waals surface area contributed by atoms with Crippen molar-refractivity contribution in [1.29, 1.82) is 0 Å². The third kappa shape index (κ3) is 4.81. The van der Waals surface area contributed by atoms with E-state index in [1.807, 2.05) is 0 Å². The SMILES string of the molecule is C=C(CC(C)(C)C)N1CNC(CN2CCCCC2)C1. The Morgan fingerprint density at radius 1 is 1.21 bits per heavy atom. The van der Waals surface area contributed by atoms with E-state index >= 15 is 0 Å². The van der Waals surface area contributed by atoms with Gasteiger partial charge in [0.15, 0.2) is 0 Å². The number of piperidine rings is 1. The second kappa shape index (κ2) is 6.27. The summed E-state index contributed by atoms with van der Waals surface area (Å²) in [6, 6.07) is 0.620. The van der Waals surface area contributed by atoms with Crippen molar-refractivity contribution in [2.45, 2.75) is 52.5 Å². The first kappa shape index (κ1) is 14.9. The van der Waals surface area contributed by atoms with E-state index in [0.29, 0.717) is 11.5 Å². The van der Waals surface area contributed by atoms with Crippen LogP contribution in [0.2, 0.25) is 0 Å². The van der Waals surface area contributed by atoms with Gasteiger partial charge in [-0.1, -0.05) is 33.8 Å². The molecule has 0 radical (unpaired) electrons. The molecule has 0 aromatic heterocycles. The van der Waals surface area contributed by atoms with Gasteiger partial charge in [0.05, 0.1) is 6.67 Å². The molecular formula is C16H31N3. The molecule has 0 amide bonds. The highest BCUT2D eigenvalue weighted by molar-refractivity contribution is 5.01. The summed E-state index contributed by atoms with van der Waals surface area (Å²) >= 11 is 0. The number of rotatable bonds is 4. The molecule has 110 valence electrons. The Balaban J connectivity index is 1.74. The van der Waals surface area contributed by atoms with Crippen molar-refractivity contribution in [2.75, 3.05) is 32.8 Å². The van der Waals surface area contributed by atoms with Crippen LogP contribution in [-0.2, 0) is 0 Å². The molecule has 0 bridgehead atoms. The molecule has 0 saturated carbocycles. The minimum atomic E-state index is 0.335. The summed E-state index contributed by atoms with van der Waals surface area (Å²) in [4.78, 5) is 5.05. The largest absolute Gasteiger partial charge is 0.361 e. The van der Waals surface area contributed by atoms with Gasteiger partial charge in [-0.05, 0) is 37.8 Å². The lowest BCUT2D eigenvalue weighted by molar-refractivity contribution is 0.211. The summed E-state index contributed by atoms with van der Waals surface area (Å²) in [5, 5.41) is 3.64. The van der Waals surface area contributed by atoms with Crippen molar-refractivity contribution < 1.29 is 0 Å².